The molecule has 100 valence electrons. The first-order chi connectivity index (χ1) is 9.58. The zero-order valence-corrected chi connectivity index (χ0v) is 10.1. The van der Waals surface area contributed by atoms with E-state index >= 15 is 0 Å². The van der Waals surface area contributed by atoms with Crippen molar-refractivity contribution in [2.75, 3.05) is 0 Å². The van der Waals surface area contributed by atoms with E-state index in [1.165, 1.54) is 41.0 Å². The summed E-state index contributed by atoms with van der Waals surface area (Å²) >= 11 is 0. The molecule has 0 aliphatic carbocycles. The predicted octanol–water partition coefficient (Wildman–Crippen LogP) is 2.16. The highest BCUT2D eigenvalue weighted by atomic mass is 19.1. The Balaban J connectivity index is 2.33. The fraction of sp³-hybridized carbons (Fsp3) is 0. The molecule has 3 rings (SSSR count). The van der Waals surface area contributed by atoms with Crippen LogP contribution in [0.5, 0.6) is 0 Å². The summed E-state index contributed by atoms with van der Waals surface area (Å²) in [6.07, 6.45) is 0. The number of carboxylic acids is 1. The second-order valence-electron chi connectivity index (χ2n) is 4.25. The summed E-state index contributed by atoms with van der Waals surface area (Å²) in [7, 11) is 0. The Morgan fingerprint density at radius 3 is 2.65 bits per heavy atom. The third-order valence-electron chi connectivity index (χ3n) is 3.02. The lowest BCUT2D eigenvalue weighted by atomic mass is 10.2. The number of rotatable bonds is 2. The predicted molar refractivity (Wildman–Crippen MR) is 70.8 cm³/mol. The van der Waals surface area contributed by atoms with Crippen LogP contribution in [0, 0.1) is 5.82 Å². The summed E-state index contributed by atoms with van der Waals surface area (Å²) < 4.78 is 15.0. The molecule has 6 heteroatoms. The monoisotopic (exact) mass is 272 g/mol. The first kappa shape index (κ1) is 12.2. The van der Waals surface area contributed by atoms with E-state index in [4.69, 9.17) is 5.11 Å². The fourth-order valence-electron chi connectivity index (χ4n) is 2.12. The maximum atomic E-state index is 13.8. The zero-order valence-electron chi connectivity index (χ0n) is 10.1. The van der Waals surface area contributed by atoms with Crippen molar-refractivity contribution >= 4 is 17.0 Å². The topological polar surface area (TPSA) is 75.1 Å². The van der Waals surface area contributed by atoms with Crippen LogP contribution in [-0.2, 0) is 0 Å². The maximum Gasteiger partial charge on any atom is 0.335 e. The average molecular weight is 272 g/mol. The number of carboxylic acid groups (broad SMARTS) is 1. The molecule has 2 aromatic carbocycles. The van der Waals surface area contributed by atoms with E-state index in [1.807, 2.05) is 0 Å². The van der Waals surface area contributed by atoms with E-state index in [-0.39, 0.29) is 11.3 Å². The summed E-state index contributed by atoms with van der Waals surface area (Å²) in [4.78, 5) is 25.4. The lowest BCUT2D eigenvalue weighted by Gasteiger charge is -2.04. The van der Waals surface area contributed by atoms with E-state index < -0.39 is 17.5 Å². The minimum atomic E-state index is -1.09. The van der Waals surface area contributed by atoms with Gasteiger partial charge in [0.2, 0.25) is 0 Å². The van der Waals surface area contributed by atoms with Crippen molar-refractivity contribution < 1.29 is 14.3 Å². The van der Waals surface area contributed by atoms with Crippen molar-refractivity contribution in [2.45, 2.75) is 0 Å². The molecule has 5 nitrogen and oxygen atoms in total. The molecule has 0 unspecified atom stereocenters. The molecule has 0 saturated carbocycles. The number of fused-ring (bicyclic) bond motifs is 1. The Hall–Kier alpha value is -2.89. The van der Waals surface area contributed by atoms with Crippen LogP contribution < -0.4 is 5.69 Å². The largest absolute Gasteiger partial charge is 0.478 e. The highest BCUT2D eigenvalue weighted by Gasteiger charge is 2.13. The standard InChI is InChI=1S/C14H9FN2O3/c15-9-3-1-2-4-11(9)17-12-6-5-8(13(18)19)7-10(12)16-14(17)20/h1-7H,(H,16,20)(H,18,19). The van der Waals surface area contributed by atoms with Gasteiger partial charge in [-0.05, 0) is 30.3 Å². The molecule has 1 heterocycles. The number of H-pyrrole nitrogens is 1. The van der Waals surface area contributed by atoms with Crippen molar-refractivity contribution in [1.82, 2.24) is 9.55 Å². The van der Waals surface area contributed by atoms with E-state index in [0.29, 0.717) is 11.0 Å². The zero-order chi connectivity index (χ0) is 14.3. The summed E-state index contributed by atoms with van der Waals surface area (Å²) in [6, 6.07) is 10.1. The number of para-hydroxylation sites is 1. The number of hydrogen-bond acceptors (Lipinski definition) is 2. The summed E-state index contributed by atoms with van der Waals surface area (Å²) in [5, 5.41) is 8.92. The third kappa shape index (κ3) is 1.78. The molecule has 0 atom stereocenters. The van der Waals surface area contributed by atoms with Gasteiger partial charge in [-0.1, -0.05) is 12.1 Å². The van der Waals surface area contributed by atoms with Gasteiger partial charge in [-0.3, -0.25) is 4.57 Å². The summed E-state index contributed by atoms with van der Waals surface area (Å²) in [5.41, 5.74) is 0.419. The van der Waals surface area contributed by atoms with Gasteiger partial charge in [0.1, 0.15) is 5.82 Å². The van der Waals surface area contributed by atoms with Gasteiger partial charge in [-0.25, -0.2) is 14.0 Å². The van der Waals surface area contributed by atoms with Gasteiger partial charge in [0.15, 0.2) is 0 Å². The molecule has 0 amide bonds. The van der Waals surface area contributed by atoms with Crippen LogP contribution in [0.25, 0.3) is 16.7 Å². The average Bonchev–Trinajstić information content (AvgIpc) is 2.74. The van der Waals surface area contributed by atoms with Gasteiger partial charge >= 0.3 is 11.7 Å². The molecule has 1 aromatic heterocycles. The minimum absolute atomic E-state index is 0.0550. The number of aromatic amines is 1. The molecule has 0 radical (unpaired) electrons. The van der Waals surface area contributed by atoms with E-state index in [1.54, 1.807) is 6.07 Å². The van der Waals surface area contributed by atoms with Gasteiger partial charge in [0, 0.05) is 0 Å². The maximum absolute atomic E-state index is 13.8. The Morgan fingerprint density at radius 2 is 1.95 bits per heavy atom. The molecule has 2 N–H and O–H groups in total. The lowest BCUT2D eigenvalue weighted by Crippen LogP contribution is -2.15. The Bertz CT molecular complexity index is 880. The fourth-order valence-corrected chi connectivity index (χ4v) is 2.12. The molecule has 0 aliphatic heterocycles. The van der Waals surface area contributed by atoms with E-state index in [2.05, 4.69) is 4.98 Å². The van der Waals surface area contributed by atoms with E-state index in [0.717, 1.165) is 0 Å². The van der Waals surface area contributed by atoms with Crippen LogP contribution in [0.15, 0.2) is 47.3 Å². The first-order valence-electron chi connectivity index (χ1n) is 5.81. The molecule has 20 heavy (non-hydrogen) atoms. The van der Waals surface area contributed by atoms with Crippen molar-refractivity contribution in [3.05, 3.63) is 64.3 Å². The van der Waals surface area contributed by atoms with Crippen molar-refractivity contribution in [3.63, 3.8) is 0 Å². The normalized spacial score (nSPS) is 10.8. The van der Waals surface area contributed by atoms with Gasteiger partial charge in [-0.15, -0.1) is 0 Å². The van der Waals surface area contributed by atoms with Gasteiger partial charge in [-0.2, -0.15) is 0 Å². The number of aromatic carboxylic acids is 1. The van der Waals surface area contributed by atoms with Crippen molar-refractivity contribution in [2.24, 2.45) is 0 Å². The van der Waals surface area contributed by atoms with Gasteiger partial charge < -0.3 is 10.1 Å². The van der Waals surface area contributed by atoms with Crippen molar-refractivity contribution in [3.8, 4) is 5.69 Å². The number of hydrogen-bond donors (Lipinski definition) is 2. The highest BCUT2D eigenvalue weighted by molar-refractivity contribution is 5.92. The van der Waals surface area contributed by atoms with Crippen LogP contribution in [0.4, 0.5) is 4.39 Å². The molecule has 0 saturated heterocycles. The van der Waals surface area contributed by atoms with Gasteiger partial charge in [0.25, 0.3) is 0 Å². The second kappa shape index (κ2) is 4.34. The first-order valence-corrected chi connectivity index (χ1v) is 5.81. The number of halogens is 1. The number of nitrogens with one attached hydrogen (secondary N) is 1. The minimum Gasteiger partial charge on any atom is -0.478 e. The van der Waals surface area contributed by atoms with Crippen LogP contribution in [0.1, 0.15) is 10.4 Å². The Morgan fingerprint density at radius 1 is 1.20 bits per heavy atom. The van der Waals surface area contributed by atoms with Crippen LogP contribution in [-0.4, -0.2) is 20.6 Å². The molecule has 0 aliphatic rings. The SMILES string of the molecule is O=C(O)c1ccc2c(c1)[nH]c(=O)n2-c1ccccc1F. The molecule has 0 spiro atoms. The molecular weight excluding hydrogens is 263 g/mol. The highest BCUT2D eigenvalue weighted by Crippen LogP contribution is 2.19. The second-order valence-corrected chi connectivity index (χ2v) is 4.25. The lowest BCUT2D eigenvalue weighted by molar-refractivity contribution is 0.0697. The number of benzene rings is 2. The van der Waals surface area contributed by atoms with Crippen LogP contribution >= 0.6 is 0 Å². The Kier molecular flexibility index (Phi) is 2.64. The molecular formula is C14H9FN2O3. The van der Waals surface area contributed by atoms with E-state index in [9.17, 15) is 14.0 Å². The number of imidazole rings is 1. The smallest absolute Gasteiger partial charge is 0.335 e. The molecule has 0 bridgehead atoms. The summed E-state index contributed by atoms with van der Waals surface area (Å²) in [5.74, 6) is -1.62. The quantitative estimate of drug-likeness (QED) is 0.750. The third-order valence-corrected chi connectivity index (χ3v) is 3.02. The summed E-state index contributed by atoms with van der Waals surface area (Å²) in [6.45, 7) is 0. The number of nitrogens with zero attached hydrogens (tertiary/aromatic N) is 1. The molecule has 0 fully saturated rings. The van der Waals surface area contributed by atoms with Crippen LogP contribution in [0.3, 0.4) is 0 Å². The Labute approximate surface area is 111 Å². The molecule has 3 aromatic rings. The van der Waals surface area contributed by atoms with Crippen LogP contribution in [0.2, 0.25) is 0 Å². The number of carbonyl (C=O) groups is 1. The van der Waals surface area contributed by atoms with Crippen molar-refractivity contribution in [1.29, 1.82) is 0 Å². The van der Waals surface area contributed by atoms with Gasteiger partial charge in [0.05, 0.1) is 22.3 Å². The number of aromatic nitrogens is 2.